The zero-order valence-electron chi connectivity index (χ0n) is 12.8. The smallest absolute Gasteiger partial charge is 0.162 e. The Balaban J connectivity index is 1.96. The van der Waals surface area contributed by atoms with Crippen LogP contribution in [-0.4, -0.2) is 20.8 Å². The predicted octanol–water partition coefficient (Wildman–Crippen LogP) is 3.83. The summed E-state index contributed by atoms with van der Waals surface area (Å²) >= 11 is 0. The molecule has 1 atom stereocenters. The van der Waals surface area contributed by atoms with Crippen molar-refractivity contribution in [3.05, 3.63) is 53.6 Å². The van der Waals surface area contributed by atoms with E-state index in [1.165, 1.54) is 16.8 Å². The Bertz CT molecular complexity index is 625. The van der Waals surface area contributed by atoms with E-state index in [-0.39, 0.29) is 0 Å². The summed E-state index contributed by atoms with van der Waals surface area (Å²) in [6, 6.07) is 15.2. The summed E-state index contributed by atoms with van der Waals surface area (Å²) in [5.74, 6) is 1.61. The maximum atomic E-state index is 5.44. The third kappa shape index (κ3) is 2.44. The van der Waals surface area contributed by atoms with Crippen LogP contribution in [0.4, 0.5) is 5.69 Å². The molecule has 2 aromatic rings. The van der Waals surface area contributed by atoms with E-state index in [1.54, 1.807) is 14.2 Å². The Kier molecular flexibility index (Phi) is 3.74. The fourth-order valence-corrected chi connectivity index (χ4v) is 3.05. The van der Waals surface area contributed by atoms with Gasteiger partial charge in [-0.15, -0.1) is 0 Å². The number of nitrogens with zero attached hydrogens (tertiary/aromatic N) is 1. The Morgan fingerprint density at radius 3 is 2.33 bits per heavy atom. The fourth-order valence-electron chi connectivity index (χ4n) is 3.05. The van der Waals surface area contributed by atoms with E-state index in [1.807, 2.05) is 0 Å². The molecule has 0 bridgehead atoms. The molecule has 0 fully saturated rings. The lowest BCUT2D eigenvalue weighted by Crippen LogP contribution is -2.24. The second-order valence-corrected chi connectivity index (χ2v) is 5.37. The van der Waals surface area contributed by atoms with Gasteiger partial charge >= 0.3 is 0 Å². The molecule has 3 nitrogen and oxygen atoms in total. The third-order valence-corrected chi connectivity index (χ3v) is 4.27. The van der Waals surface area contributed by atoms with Crippen LogP contribution in [0.25, 0.3) is 0 Å². The second-order valence-electron chi connectivity index (χ2n) is 5.37. The normalized spacial score (nSPS) is 14.7. The first-order chi connectivity index (χ1) is 10.2. The summed E-state index contributed by atoms with van der Waals surface area (Å²) in [6.07, 6.45) is 1.05. The Morgan fingerprint density at radius 2 is 1.67 bits per heavy atom. The molecule has 0 radical (unpaired) electrons. The van der Waals surface area contributed by atoms with Crippen LogP contribution in [0.5, 0.6) is 11.5 Å². The highest BCUT2D eigenvalue weighted by Gasteiger charge is 2.26. The van der Waals surface area contributed by atoms with E-state index in [9.17, 15) is 0 Å². The number of hydrogen-bond acceptors (Lipinski definition) is 3. The summed E-state index contributed by atoms with van der Waals surface area (Å²) in [4.78, 5) is 2.44. The van der Waals surface area contributed by atoms with Crippen LogP contribution in [0, 0.1) is 0 Å². The van der Waals surface area contributed by atoms with Crippen LogP contribution >= 0.6 is 0 Å². The van der Waals surface area contributed by atoms with Crippen LogP contribution in [0.2, 0.25) is 0 Å². The molecule has 1 unspecified atom stereocenters. The van der Waals surface area contributed by atoms with Crippen molar-refractivity contribution in [2.24, 2.45) is 0 Å². The molecule has 0 saturated heterocycles. The first kappa shape index (κ1) is 13.8. The summed E-state index contributed by atoms with van der Waals surface area (Å²) in [5.41, 5.74) is 3.92. The lowest BCUT2D eigenvalue weighted by molar-refractivity contribution is 0.355. The lowest BCUT2D eigenvalue weighted by Gasteiger charge is -2.28. The number of fused-ring (bicyclic) bond motifs is 1. The van der Waals surface area contributed by atoms with Crippen molar-refractivity contribution < 1.29 is 9.47 Å². The summed E-state index contributed by atoms with van der Waals surface area (Å²) < 4.78 is 10.8. The van der Waals surface area contributed by atoms with E-state index in [2.05, 4.69) is 54.3 Å². The highest BCUT2D eigenvalue weighted by atomic mass is 16.5. The first-order valence-electron chi connectivity index (χ1n) is 7.31. The van der Waals surface area contributed by atoms with Gasteiger partial charge in [0, 0.05) is 18.3 Å². The molecule has 0 aliphatic carbocycles. The van der Waals surface area contributed by atoms with Crippen molar-refractivity contribution in [2.75, 3.05) is 25.7 Å². The van der Waals surface area contributed by atoms with E-state index in [4.69, 9.17) is 9.47 Å². The topological polar surface area (TPSA) is 21.7 Å². The minimum absolute atomic E-state index is 0.352. The first-order valence-corrected chi connectivity index (χ1v) is 7.31. The standard InChI is InChI=1S/C18H21NO2/c1-13(14-7-5-4-6-8-14)19-10-9-15-11-17(20-2)18(21-3)12-16(15)19/h4-8,11-13H,9-10H2,1-3H3. The highest BCUT2D eigenvalue weighted by Crippen LogP contribution is 2.41. The monoisotopic (exact) mass is 283 g/mol. The third-order valence-electron chi connectivity index (χ3n) is 4.27. The van der Waals surface area contributed by atoms with Crippen molar-refractivity contribution in [1.82, 2.24) is 0 Å². The number of rotatable bonds is 4. The van der Waals surface area contributed by atoms with Gasteiger partial charge in [0.1, 0.15) is 0 Å². The zero-order valence-corrected chi connectivity index (χ0v) is 12.8. The van der Waals surface area contributed by atoms with Gasteiger partial charge in [-0.05, 0) is 30.5 Å². The van der Waals surface area contributed by atoms with Crippen LogP contribution in [-0.2, 0) is 6.42 Å². The minimum Gasteiger partial charge on any atom is -0.493 e. The highest BCUT2D eigenvalue weighted by molar-refractivity contribution is 5.66. The van der Waals surface area contributed by atoms with Crippen LogP contribution in [0.1, 0.15) is 24.1 Å². The molecule has 1 heterocycles. The molecule has 1 aliphatic rings. The molecular weight excluding hydrogens is 262 g/mol. The molecule has 3 rings (SSSR count). The summed E-state index contributed by atoms with van der Waals surface area (Å²) in [6.45, 7) is 3.28. The van der Waals surface area contributed by atoms with Crippen LogP contribution < -0.4 is 14.4 Å². The van der Waals surface area contributed by atoms with Gasteiger partial charge in [0.2, 0.25) is 0 Å². The SMILES string of the molecule is COc1cc2c(cc1OC)N(C(C)c1ccccc1)CC2. The van der Waals surface area contributed by atoms with Gasteiger partial charge < -0.3 is 14.4 Å². The second kappa shape index (κ2) is 5.68. The average molecular weight is 283 g/mol. The largest absolute Gasteiger partial charge is 0.493 e. The van der Waals surface area contributed by atoms with E-state index in [0.717, 1.165) is 24.5 Å². The summed E-state index contributed by atoms with van der Waals surface area (Å²) in [7, 11) is 3.37. The van der Waals surface area contributed by atoms with Gasteiger partial charge in [-0.3, -0.25) is 0 Å². The average Bonchev–Trinajstić information content (AvgIpc) is 2.96. The van der Waals surface area contributed by atoms with Crippen LogP contribution in [0.15, 0.2) is 42.5 Å². The van der Waals surface area contributed by atoms with Crippen molar-refractivity contribution in [3.8, 4) is 11.5 Å². The Labute approximate surface area is 126 Å². The number of hydrogen-bond donors (Lipinski definition) is 0. The van der Waals surface area contributed by atoms with Gasteiger partial charge in [-0.1, -0.05) is 30.3 Å². The molecule has 0 amide bonds. The van der Waals surface area contributed by atoms with Gasteiger partial charge in [-0.25, -0.2) is 0 Å². The molecule has 2 aromatic carbocycles. The summed E-state index contributed by atoms with van der Waals surface area (Å²) in [5, 5.41) is 0. The number of ether oxygens (including phenoxy) is 2. The molecule has 3 heteroatoms. The van der Waals surface area contributed by atoms with Crippen molar-refractivity contribution >= 4 is 5.69 Å². The maximum absolute atomic E-state index is 5.44. The molecule has 21 heavy (non-hydrogen) atoms. The van der Waals surface area contributed by atoms with E-state index in [0.29, 0.717) is 6.04 Å². The van der Waals surface area contributed by atoms with Crippen molar-refractivity contribution in [1.29, 1.82) is 0 Å². The zero-order chi connectivity index (χ0) is 14.8. The predicted molar refractivity (Wildman–Crippen MR) is 85.5 cm³/mol. The molecule has 0 N–H and O–H groups in total. The molecule has 1 aliphatic heterocycles. The van der Waals surface area contributed by atoms with E-state index < -0.39 is 0 Å². The fraction of sp³-hybridized carbons (Fsp3) is 0.333. The maximum Gasteiger partial charge on any atom is 0.162 e. The lowest BCUT2D eigenvalue weighted by atomic mass is 10.1. The molecule has 0 spiro atoms. The Morgan fingerprint density at radius 1 is 1.00 bits per heavy atom. The van der Waals surface area contributed by atoms with Gasteiger partial charge in [0.15, 0.2) is 11.5 Å². The van der Waals surface area contributed by atoms with Gasteiger partial charge in [0.25, 0.3) is 0 Å². The van der Waals surface area contributed by atoms with Crippen molar-refractivity contribution in [3.63, 3.8) is 0 Å². The van der Waals surface area contributed by atoms with Crippen molar-refractivity contribution in [2.45, 2.75) is 19.4 Å². The number of anilines is 1. The van der Waals surface area contributed by atoms with Crippen LogP contribution in [0.3, 0.4) is 0 Å². The van der Waals surface area contributed by atoms with Gasteiger partial charge in [-0.2, -0.15) is 0 Å². The van der Waals surface area contributed by atoms with Gasteiger partial charge in [0.05, 0.1) is 20.3 Å². The number of methoxy groups -OCH3 is 2. The minimum atomic E-state index is 0.352. The quantitative estimate of drug-likeness (QED) is 0.851. The molecule has 110 valence electrons. The molecular formula is C18H21NO2. The molecule has 0 saturated carbocycles. The molecule has 0 aromatic heterocycles. The van der Waals surface area contributed by atoms with E-state index >= 15 is 0 Å². The number of benzene rings is 2. The Hall–Kier alpha value is -2.16.